The van der Waals surface area contributed by atoms with Crippen molar-refractivity contribution in [3.05, 3.63) is 34.9 Å². The minimum Gasteiger partial charge on any atom is -0.351 e. The van der Waals surface area contributed by atoms with Crippen molar-refractivity contribution < 1.29 is 4.79 Å². The van der Waals surface area contributed by atoms with Crippen LogP contribution in [0.25, 0.3) is 0 Å². The molecule has 2 aliphatic heterocycles. The zero-order valence-electron chi connectivity index (χ0n) is 15.8. The molecule has 2 saturated heterocycles. The van der Waals surface area contributed by atoms with Crippen molar-refractivity contribution in [2.75, 3.05) is 52.9 Å². The van der Waals surface area contributed by atoms with Gasteiger partial charge < -0.3 is 10.2 Å². The Labute approximate surface area is 162 Å². The zero-order valence-corrected chi connectivity index (χ0v) is 16.5. The second kappa shape index (κ2) is 9.70. The van der Waals surface area contributed by atoms with Gasteiger partial charge in [-0.25, -0.2) is 0 Å². The minimum atomic E-state index is 0.174. The van der Waals surface area contributed by atoms with Crippen molar-refractivity contribution in [3.8, 4) is 0 Å². The van der Waals surface area contributed by atoms with Crippen LogP contribution in [0.1, 0.15) is 24.8 Å². The van der Waals surface area contributed by atoms with Crippen molar-refractivity contribution in [3.63, 3.8) is 0 Å². The highest BCUT2D eigenvalue weighted by atomic mass is 35.5. The molecule has 3 rings (SSSR count). The van der Waals surface area contributed by atoms with Crippen molar-refractivity contribution >= 4 is 17.5 Å². The summed E-state index contributed by atoms with van der Waals surface area (Å²) in [6.45, 7) is 7.64. The Morgan fingerprint density at radius 2 is 1.85 bits per heavy atom. The third-order valence-electron chi connectivity index (χ3n) is 5.37. The first kappa shape index (κ1) is 19.6. The standard InChI is InChI=1S/C20H31ClN4O/c1-23-9-3-11-24(13-12-23)16-20(26)22-19-4-2-10-25(15-19)14-17-5-7-18(21)8-6-17/h5-8,19H,2-4,9-16H2,1H3,(H,22,26). The van der Waals surface area contributed by atoms with Gasteiger partial charge in [0.2, 0.25) is 5.91 Å². The monoisotopic (exact) mass is 378 g/mol. The van der Waals surface area contributed by atoms with Gasteiger partial charge >= 0.3 is 0 Å². The second-order valence-corrected chi connectivity index (χ2v) is 8.14. The Kier molecular flexibility index (Phi) is 7.32. The van der Waals surface area contributed by atoms with Crippen molar-refractivity contribution in [1.82, 2.24) is 20.0 Å². The summed E-state index contributed by atoms with van der Waals surface area (Å²) in [5.74, 6) is 0.174. The van der Waals surface area contributed by atoms with E-state index in [9.17, 15) is 4.79 Å². The molecule has 1 aromatic rings. The minimum absolute atomic E-state index is 0.174. The first-order valence-electron chi connectivity index (χ1n) is 9.75. The maximum absolute atomic E-state index is 12.5. The summed E-state index contributed by atoms with van der Waals surface area (Å²) in [7, 11) is 2.15. The molecule has 26 heavy (non-hydrogen) atoms. The highest BCUT2D eigenvalue weighted by Gasteiger charge is 2.22. The Hall–Kier alpha value is -1.14. The molecule has 6 heteroatoms. The van der Waals surface area contributed by atoms with Crippen LogP contribution in [0, 0.1) is 0 Å². The number of halogens is 1. The summed E-state index contributed by atoms with van der Waals surface area (Å²) >= 11 is 5.97. The first-order chi connectivity index (χ1) is 12.6. The first-order valence-corrected chi connectivity index (χ1v) is 10.1. The molecule has 1 amide bonds. The van der Waals surface area contributed by atoms with Crippen LogP contribution in [0.15, 0.2) is 24.3 Å². The van der Waals surface area contributed by atoms with Gasteiger partial charge in [-0.05, 0) is 63.6 Å². The quantitative estimate of drug-likeness (QED) is 0.851. The molecule has 5 nitrogen and oxygen atoms in total. The predicted octanol–water partition coefficient (Wildman–Crippen LogP) is 2.06. The summed E-state index contributed by atoms with van der Waals surface area (Å²) in [5, 5.41) is 4.04. The van der Waals surface area contributed by atoms with Crippen LogP contribution in [0.3, 0.4) is 0 Å². The van der Waals surface area contributed by atoms with E-state index in [1.165, 1.54) is 5.56 Å². The number of rotatable bonds is 5. The molecule has 0 bridgehead atoms. The fourth-order valence-electron chi connectivity index (χ4n) is 3.90. The van der Waals surface area contributed by atoms with E-state index in [1.54, 1.807) is 0 Å². The summed E-state index contributed by atoms with van der Waals surface area (Å²) < 4.78 is 0. The average Bonchev–Trinajstić information content (AvgIpc) is 2.81. The number of nitrogens with one attached hydrogen (secondary N) is 1. The van der Waals surface area contributed by atoms with Gasteiger partial charge in [-0.15, -0.1) is 0 Å². The summed E-state index contributed by atoms with van der Waals surface area (Å²) in [5.41, 5.74) is 1.27. The normalized spacial score (nSPS) is 23.5. The molecule has 2 aliphatic rings. The topological polar surface area (TPSA) is 38.8 Å². The molecule has 0 aliphatic carbocycles. The maximum atomic E-state index is 12.5. The highest BCUT2D eigenvalue weighted by molar-refractivity contribution is 6.30. The van der Waals surface area contributed by atoms with Crippen LogP contribution in [-0.4, -0.2) is 79.5 Å². The largest absolute Gasteiger partial charge is 0.351 e. The molecule has 0 aromatic heterocycles. The summed E-state index contributed by atoms with van der Waals surface area (Å²) in [4.78, 5) is 19.5. The Morgan fingerprint density at radius 1 is 1.08 bits per heavy atom. The molecule has 0 saturated carbocycles. The van der Waals surface area contributed by atoms with E-state index in [1.807, 2.05) is 12.1 Å². The van der Waals surface area contributed by atoms with Gasteiger partial charge in [-0.3, -0.25) is 14.6 Å². The number of likely N-dealkylation sites (N-methyl/N-ethyl adjacent to an activating group) is 1. The number of hydrogen-bond acceptors (Lipinski definition) is 4. The third-order valence-corrected chi connectivity index (χ3v) is 5.62. The molecule has 1 atom stereocenters. The van der Waals surface area contributed by atoms with E-state index < -0.39 is 0 Å². The molecular formula is C20H31ClN4O. The Balaban J connectivity index is 1.43. The number of nitrogens with zero attached hydrogens (tertiary/aromatic N) is 3. The van der Waals surface area contributed by atoms with Crippen LogP contribution >= 0.6 is 11.6 Å². The van der Waals surface area contributed by atoms with Gasteiger partial charge in [-0.2, -0.15) is 0 Å². The lowest BCUT2D eigenvalue weighted by atomic mass is 10.0. The highest BCUT2D eigenvalue weighted by Crippen LogP contribution is 2.16. The average molecular weight is 379 g/mol. The smallest absolute Gasteiger partial charge is 0.234 e. The van der Waals surface area contributed by atoms with Gasteiger partial charge in [0.05, 0.1) is 6.54 Å². The number of piperidine rings is 1. The van der Waals surface area contributed by atoms with Crippen molar-refractivity contribution in [1.29, 1.82) is 0 Å². The number of carbonyl (C=O) groups excluding carboxylic acids is 1. The van der Waals surface area contributed by atoms with Gasteiger partial charge in [-0.1, -0.05) is 23.7 Å². The van der Waals surface area contributed by atoms with E-state index in [4.69, 9.17) is 11.6 Å². The summed E-state index contributed by atoms with van der Waals surface area (Å²) in [6.07, 6.45) is 3.35. The van der Waals surface area contributed by atoms with Gasteiger partial charge in [0.1, 0.15) is 0 Å². The molecule has 2 heterocycles. The molecule has 1 aromatic carbocycles. The lowest BCUT2D eigenvalue weighted by Gasteiger charge is -2.33. The van der Waals surface area contributed by atoms with E-state index in [0.29, 0.717) is 6.54 Å². The second-order valence-electron chi connectivity index (χ2n) is 7.70. The third kappa shape index (κ3) is 6.23. The van der Waals surface area contributed by atoms with Crippen molar-refractivity contribution in [2.45, 2.75) is 31.8 Å². The van der Waals surface area contributed by atoms with E-state index >= 15 is 0 Å². The predicted molar refractivity (Wildman–Crippen MR) is 106 cm³/mol. The Morgan fingerprint density at radius 3 is 2.65 bits per heavy atom. The number of carbonyl (C=O) groups is 1. The fourth-order valence-corrected chi connectivity index (χ4v) is 4.03. The summed E-state index contributed by atoms with van der Waals surface area (Å²) in [6, 6.07) is 8.32. The van der Waals surface area contributed by atoms with E-state index in [2.05, 4.69) is 39.2 Å². The van der Waals surface area contributed by atoms with E-state index in [-0.39, 0.29) is 11.9 Å². The van der Waals surface area contributed by atoms with Crippen LogP contribution in [0.5, 0.6) is 0 Å². The van der Waals surface area contributed by atoms with Crippen LogP contribution in [0.2, 0.25) is 5.02 Å². The number of amides is 1. The van der Waals surface area contributed by atoms with Crippen molar-refractivity contribution in [2.24, 2.45) is 0 Å². The number of likely N-dealkylation sites (tertiary alicyclic amines) is 1. The SMILES string of the molecule is CN1CCCN(CC(=O)NC2CCCN(Cc3ccc(Cl)cc3)C2)CC1. The van der Waals surface area contributed by atoms with Crippen LogP contribution < -0.4 is 5.32 Å². The van der Waals surface area contributed by atoms with Gasteiger partial charge in [0, 0.05) is 37.2 Å². The maximum Gasteiger partial charge on any atom is 0.234 e. The molecule has 1 N–H and O–H groups in total. The van der Waals surface area contributed by atoms with Crippen LogP contribution in [0.4, 0.5) is 0 Å². The molecule has 2 fully saturated rings. The Bertz CT molecular complexity index is 580. The lowest BCUT2D eigenvalue weighted by molar-refractivity contribution is -0.123. The molecule has 0 radical (unpaired) electrons. The zero-order chi connectivity index (χ0) is 18.4. The molecule has 0 spiro atoms. The number of benzene rings is 1. The number of hydrogen-bond donors (Lipinski definition) is 1. The van der Waals surface area contributed by atoms with E-state index in [0.717, 1.165) is 70.1 Å². The van der Waals surface area contributed by atoms with Gasteiger partial charge in [0.15, 0.2) is 0 Å². The molecule has 1 unspecified atom stereocenters. The molecular weight excluding hydrogens is 348 g/mol. The fraction of sp³-hybridized carbons (Fsp3) is 0.650. The molecule has 144 valence electrons. The lowest BCUT2D eigenvalue weighted by Crippen LogP contribution is -2.50. The van der Waals surface area contributed by atoms with Gasteiger partial charge in [0.25, 0.3) is 0 Å². The van der Waals surface area contributed by atoms with Crippen LogP contribution in [-0.2, 0) is 11.3 Å².